The highest BCUT2D eigenvalue weighted by molar-refractivity contribution is 5.78. The second kappa shape index (κ2) is 5.09. The fourth-order valence-corrected chi connectivity index (χ4v) is 3.01. The van der Waals surface area contributed by atoms with Crippen molar-refractivity contribution in [1.29, 1.82) is 0 Å². The zero-order chi connectivity index (χ0) is 15.1. The molecule has 0 spiro atoms. The van der Waals surface area contributed by atoms with Crippen LogP contribution in [0.2, 0.25) is 0 Å². The number of nitrogens with zero attached hydrogens (tertiary/aromatic N) is 3. The highest BCUT2D eigenvalue weighted by atomic mass is 15.0. The zero-order valence-electron chi connectivity index (χ0n) is 13.0. The van der Waals surface area contributed by atoms with Crippen LogP contribution in [-0.2, 0) is 7.05 Å². The van der Waals surface area contributed by atoms with E-state index < -0.39 is 0 Å². The van der Waals surface area contributed by atoms with Gasteiger partial charge in [-0.25, -0.2) is 4.98 Å². The molecule has 2 aromatic heterocycles. The summed E-state index contributed by atoms with van der Waals surface area (Å²) in [6.45, 7) is 2.08. The molecule has 1 aliphatic rings. The quantitative estimate of drug-likeness (QED) is 0.718. The van der Waals surface area contributed by atoms with E-state index in [1.165, 1.54) is 24.0 Å². The van der Waals surface area contributed by atoms with E-state index in [-0.39, 0.29) is 0 Å². The van der Waals surface area contributed by atoms with E-state index in [2.05, 4.69) is 51.8 Å². The molecule has 0 N–H and O–H groups in total. The first kappa shape index (κ1) is 13.3. The van der Waals surface area contributed by atoms with Gasteiger partial charge in [0.15, 0.2) is 0 Å². The van der Waals surface area contributed by atoms with Gasteiger partial charge in [-0.15, -0.1) is 0 Å². The van der Waals surface area contributed by atoms with Gasteiger partial charge < -0.3 is 4.57 Å². The number of aryl methyl sites for hydroxylation is 2. The Balaban J connectivity index is 1.81. The van der Waals surface area contributed by atoms with Crippen LogP contribution in [0.4, 0.5) is 0 Å². The third-order valence-electron chi connectivity index (χ3n) is 4.40. The molecule has 4 rings (SSSR count). The standard InChI is InChI=1S/C19H19N3/c1-13-4-3-11-20-17(13)18-19(22(2)12-21-18)16-9-7-15(8-10-16)14-5-6-14/h3-4,7-12,14H,5-6H2,1-2H3. The second-order valence-corrected chi connectivity index (χ2v) is 6.12. The molecule has 0 atom stereocenters. The van der Waals surface area contributed by atoms with Crippen molar-refractivity contribution in [2.75, 3.05) is 0 Å². The molecular formula is C19H19N3. The van der Waals surface area contributed by atoms with E-state index >= 15 is 0 Å². The van der Waals surface area contributed by atoms with Crippen molar-refractivity contribution in [3.05, 3.63) is 60.0 Å². The van der Waals surface area contributed by atoms with E-state index in [1.807, 2.05) is 25.6 Å². The number of aromatic nitrogens is 3. The number of benzene rings is 1. The molecule has 22 heavy (non-hydrogen) atoms. The van der Waals surface area contributed by atoms with Crippen molar-refractivity contribution >= 4 is 0 Å². The molecule has 0 bridgehead atoms. The van der Waals surface area contributed by atoms with Crippen LogP contribution in [0.5, 0.6) is 0 Å². The van der Waals surface area contributed by atoms with Crippen molar-refractivity contribution in [3.63, 3.8) is 0 Å². The van der Waals surface area contributed by atoms with Crippen LogP contribution in [0.15, 0.2) is 48.9 Å². The van der Waals surface area contributed by atoms with Crippen LogP contribution in [0.1, 0.15) is 29.9 Å². The summed E-state index contributed by atoms with van der Waals surface area (Å²) in [7, 11) is 2.04. The predicted octanol–water partition coefficient (Wildman–Crippen LogP) is 4.33. The molecular weight excluding hydrogens is 270 g/mol. The van der Waals surface area contributed by atoms with Crippen molar-refractivity contribution in [3.8, 4) is 22.6 Å². The lowest BCUT2D eigenvalue weighted by Crippen LogP contribution is -1.94. The van der Waals surface area contributed by atoms with Crippen LogP contribution in [0.3, 0.4) is 0 Å². The van der Waals surface area contributed by atoms with E-state index in [4.69, 9.17) is 0 Å². The molecule has 1 saturated carbocycles. The number of pyridine rings is 1. The summed E-state index contributed by atoms with van der Waals surface area (Å²) in [5.74, 6) is 0.790. The van der Waals surface area contributed by atoms with E-state index in [1.54, 1.807) is 0 Å². The van der Waals surface area contributed by atoms with E-state index in [0.717, 1.165) is 28.6 Å². The van der Waals surface area contributed by atoms with Crippen LogP contribution < -0.4 is 0 Å². The maximum absolute atomic E-state index is 4.59. The van der Waals surface area contributed by atoms with Crippen molar-refractivity contribution in [1.82, 2.24) is 14.5 Å². The van der Waals surface area contributed by atoms with E-state index in [9.17, 15) is 0 Å². The monoisotopic (exact) mass is 289 g/mol. The van der Waals surface area contributed by atoms with Crippen LogP contribution >= 0.6 is 0 Å². The van der Waals surface area contributed by atoms with Crippen molar-refractivity contribution in [2.45, 2.75) is 25.7 Å². The van der Waals surface area contributed by atoms with Gasteiger partial charge in [0.2, 0.25) is 0 Å². The maximum Gasteiger partial charge on any atom is 0.115 e. The van der Waals surface area contributed by atoms with E-state index in [0.29, 0.717) is 0 Å². The Labute approximate surface area is 130 Å². The lowest BCUT2D eigenvalue weighted by molar-refractivity contribution is 0.921. The first-order valence-electron chi connectivity index (χ1n) is 7.77. The van der Waals surface area contributed by atoms with Gasteiger partial charge in [0.25, 0.3) is 0 Å². The highest BCUT2D eigenvalue weighted by Crippen LogP contribution is 2.41. The summed E-state index contributed by atoms with van der Waals surface area (Å²) in [5, 5.41) is 0. The van der Waals surface area contributed by atoms with Gasteiger partial charge >= 0.3 is 0 Å². The Morgan fingerprint density at radius 3 is 2.45 bits per heavy atom. The minimum absolute atomic E-state index is 0.790. The number of hydrogen-bond acceptors (Lipinski definition) is 2. The summed E-state index contributed by atoms with van der Waals surface area (Å²) >= 11 is 0. The highest BCUT2D eigenvalue weighted by Gasteiger charge is 2.23. The Kier molecular flexibility index (Phi) is 3.07. The van der Waals surface area contributed by atoms with Gasteiger partial charge in [-0.1, -0.05) is 30.3 Å². The average molecular weight is 289 g/mol. The molecule has 110 valence electrons. The first-order valence-corrected chi connectivity index (χ1v) is 7.77. The molecule has 0 saturated heterocycles. The lowest BCUT2D eigenvalue weighted by Gasteiger charge is -2.09. The minimum Gasteiger partial charge on any atom is -0.333 e. The minimum atomic E-state index is 0.790. The fraction of sp³-hybridized carbons (Fsp3) is 0.263. The molecule has 3 nitrogen and oxygen atoms in total. The third-order valence-corrected chi connectivity index (χ3v) is 4.40. The van der Waals surface area contributed by atoms with Crippen LogP contribution in [0, 0.1) is 6.92 Å². The largest absolute Gasteiger partial charge is 0.333 e. The van der Waals surface area contributed by atoms with Gasteiger partial charge in [-0.3, -0.25) is 4.98 Å². The summed E-state index contributed by atoms with van der Waals surface area (Å²) in [4.78, 5) is 9.12. The topological polar surface area (TPSA) is 30.7 Å². The molecule has 0 unspecified atom stereocenters. The molecule has 1 fully saturated rings. The summed E-state index contributed by atoms with van der Waals surface area (Å²) in [6.07, 6.45) is 6.37. The number of imidazole rings is 1. The average Bonchev–Trinajstić information content (AvgIpc) is 3.31. The number of rotatable bonds is 3. The van der Waals surface area contributed by atoms with Gasteiger partial charge in [0.1, 0.15) is 5.69 Å². The molecule has 3 aromatic rings. The summed E-state index contributed by atoms with van der Waals surface area (Å²) < 4.78 is 2.08. The second-order valence-electron chi connectivity index (χ2n) is 6.12. The van der Waals surface area contributed by atoms with Gasteiger partial charge in [0, 0.05) is 18.8 Å². The smallest absolute Gasteiger partial charge is 0.115 e. The third kappa shape index (κ3) is 2.23. The summed E-state index contributed by atoms with van der Waals surface area (Å²) in [5.41, 5.74) is 6.86. The molecule has 1 aliphatic carbocycles. The van der Waals surface area contributed by atoms with Gasteiger partial charge in [-0.05, 0) is 42.9 Å². The Hall–Kier alpha value is -2.42. The van der Waals surface area contributed by atoms with Crippen molar-refractivity contribution in [2.24, 2.45) is 7.05 Å². The first-order chi connectivity index (χ1) is 10.7. The van der Waals surface area contributed by atoms with Gasteiger partial charge in [-0.2, -0.15) is 0 Å². The van der Waals surface area contributed by atoms with Crippen LogP contribution in [0.25, 0.3) is 22.6 Å². The maximum atomic E-state index is 4.59. The Morgan fingerprint density at radius 1 is 1.00 bits per heavy atom. The lowest BCUT2D eigenvalue weighted by atomic mass is 10.0. The SMILES string of the molecule is Cc1cccnc1-c1ncn(C)c1-c1ccc(C2CC2)cc1. The fourth-order valence-electron chi connectivity index (χ4n) is 3.01. The summed E-state index contributed by atoms with van der Waals surface area (Å²) in [6, 6.07) is 13.0. The van der Waals surface area contributed by atoms with Crippen molar-refractivity contribution < 1.29 is 0 Å². The Bertz CT molecular complexity index is 811. The molecule has 0 amide bonds. The molecule has 0 radical (unpaired) electrons. The molecule has 2 heterocycles. The normalized spacial score (nSPS) is 14.3. The zero-order valence-corrected chi connectivity index (χ0v) is 13.0. The molecule has 3 heteroatoms. The van der Waals surface area contributed by atoms with Crippen LogP contribution in [-0.4, -0.2) is 14.5 Å². The Morgan fingerprint density at radius 2 is 1.77 bits per heavy atom. The van der Waals surface area contributed by atoms with Gasteiger partial charge in [0.05, 0.1) is 17.7 Å². The molecule has 0 aliphatic heterocycles. The predicted molar refractivity (Wildman–Crippen MR) is 88.6 cm³/mol. The number of hydrogen-bond donors (Lipinski definition) is 0. The molecule has 1 aromatic carbocycles.